The highest BCUT2D eigenvalue weighted by Crippen LogP contribution is 2.45. The molecule has 0 bridgehead atoms. The van der Waals surface area contributed by atoms with Crippen molar-refractivity contribution in [3.8, 4) is 17.1 Å². The summed E-state index contributed by atoms with van der Waals surface area (Å²) in [7, 11) is 0. The monoisotopic (exact) mass is 1640 g/mol. The molecular weight excluding hydrogens is 1560 g/mol. The Hall–Kier alpha value is -14.0. The van der Waals surface area contributed by atoms with Crippen LogP contribution in [-0.2, 0) is 6.18 Å². The van der Waals surface area contributed by atoms with Crippen molar-refractivity contribution >= 4 is 40.8 Å². The highest BCUT2D eigenvalue weighted by molar-refractivity contribution is 6.04. The van der Waals surface area contributed by atoms with Gasteiger partial charge in [0.1, 0.15) is 0 Å². The van der Waals surface area contributed by atoms with Gasteiger partial charge in [-0.05, 0) is 126 Å². The Labute approximate surface area is 683 Å². The van der Waals surface area contributed by atoms with Crippen LogP contribution < -0.4 is 26.4 Å². The molecule has 612 valence electrons. The van der Waals surface area contributed by atoms with Gasteiger partial charge in [-0.1, -0.05) is 194 Å². The second kappa shape index (κ2) is 38.9. The van der Waals surface area contributed by atoms with Gasteiger partial charge >= 0.3 is 24.5 Å². The minimum atomic E-state index is -5.02. The predicted octanol–water partition coefficient (Wildman–Crippen LogP) is 16.8. The maximum atomic E-state index is 14.0. The molecule has 0 spiro atoms. The number of nitrogens with one attached hydrogen (secondary N) is 2. The smallest absolute Gasteiger partial charge is 0.438 e. The van der Waals surface area contributed by atoms with Gasteiger partial charge in [-0.25, -0.2) is 34.4 Å². The standard InChI is InChI=1S/C30H26F3N5O2.C30H24F3N5O.C15H11F3N4O3.C15H17N/c31-30(32,33)29(40)18-26(23-12-7-16-34-19-23)37-38(29)27-14-13-24(20-36-27)28(39)35-17-15-25(21-8-3-1-4-9-21)22-10-5-2-6-11-22;31-30(32,33)27-18-26(23-12-7-16-34-19-23)37-38(27)28-14-13-24(20-36-28)29(39)35-17-15-25(21-8-3-1-4-9-21)22-10-5-2-6-11-22;16-15(17,18)14(25)6-11(9-2-1-5-19-7-9)21-22(14)12-4-3-10(8-20-12)13(23)24;16-12-11-15(13-7-3-1-4-8-13)14-9-5-2-6-10-14/h1-14,16,19-20,25,40H,15,17-18H2,(H,35,39);1-14,16,18-20,25H,15,17H2,(H,35,39);1-5,7-8,25H,6H2,(H,23,24);1-10,15H,11-12,16H2. The number of benzene rings is 6. The minimum Gasteiger partial charge on any atom is -0.478 e. The van der Waals surface area contributed by atoms with E-state index in [0.29, 0.717) is 65.1 Å². The Morgan fingerprint density at radius 2 is 0.733 bits per heavy atom. The van der Waals surface area contributed by atoms with Gasteiger partial charge in [-0.3, -0.25) is 24.5 Å². The number of halogens is 9. The lowest BCUT2D eigenvalue weighted by atomic mass is 9.88. The topological polar surface area (TPSA) is 288 Å². The minimum absolute atomic E-state index is 0.0166. The highest BCUT2D eigenvalue weighted by atomic mass is 19.4. The summed E-state index contributed by atoms with van der Waals surface area (Å²) in [6.07, 6.45) is -2.06. The van der Waals surface area contributed by atoms with Crippen molar-refractivity contribution in [2.24, 2.45) is 15.9 Å². The molecule has 0 saturated carbocycles. The molecule has 15 rings (SSSR count). The number of aromatic nitrogens is 8. The van der Waals surface area contributed by atoms with Crippen LogP contribution in [0.4, 0.5) is 51.1 Å². The first kappa shape index (κ1) is 85.4. The lowest BCUT2D eigenvalue weighted by Gasteiger charge is -2.33. The van der Waals surface area contributed by atoms with E-state index in [1.807, 2.05) is 109 Å². The fourth-order valence-electron chi connectivity index (χ4n) is 13.5. The third-order valence-electron chi connectivity index (χ3n) is 19.6. The van der Waals surface area contributed by atoms with E-state index in [1.54, 1.807) is 24.3 Å². The van der Waals surface area contributed by atoms with Crippen molar-refractivity contribution in [1.29, 1.82) is 0 Å². The molecule has 2 atom stereocenters. The van der Waals surface area contributed by atoms with Crippen LogP contribution >= 0.6 is 0 Å². The number of nitrogens with two attached hydrogens (primary N) is 1. The molecular formula is C90H78F9N15O6. The van der Waals surface area contributed by atoms with Gasteiger partial charge in [0, 0.05) is 103 Å². The lowest BCUT2D eigenvalue weighted by molar-refractivity contribution is -0.254. The molecule has 0 fully saturated rings. The van der Waals surface area contributed by atoms with E-state index >= 15 is 0 Å². The molecule has 21 nitrogen and oxygen atoms in total. The van der Waals surface area contributed by atoms with Crippen LogP contribution in [0.1, 0.15) is 131 Å². The lowest BCUT2D eigenvalue weighted by Crippen LogP contribution is -2.55. The Kier molecular flexibility index (Phi) is 27.7. The maximum absolute atomic E-state index is 14.0. The van der Waals surface area contributed by atoms with Crippen molar-refractivity contribution < 1.29 is 69.2 Å². The number of aliphatic hydroxyl groups is 2. The van der Waals surface area contributed by atoms with E-state index in [9.17, 15) is 64.1 Å². The Morgan fingerprint density at radius 3 is 1.02 bits per heavy atom. The average molecular weight is 1640 g/mol. The molecule has 2 aliphatic rings. The fraction of sp³-hybridized carbons (Fsp3) is 0.178. The number of carbonyl (C=O) groups is 3. The van der Waals surface area contributed by atoms with Crippen molar-refractivity contribution in [2.45, 2.75) is 79.8 Å². The van der Waals surface area contributed by atoms with Gasteiger partial charge in [0.15, 0.2) is 23.1 Å². The van der Waals surface area contributed by atoms with Crippen LogP contribution in [0.3, 0.4) is 0 Å². The largest absolute Gasteiger partial charge is 0.478 e. The SMILES string of the molecule is NCCC(c1ccccc1)c1ccccc1.O=C(NCCC(c1ccccc1)c1ccccc1)c1ccc(-n2nc(-c3cccnc3)cc2C(F)(F)F)nc1.O=C(NCCC(c1ccccc1)c1ccccc1)c1ccc(N2N=C(c3cccnc3)CC2(O)C(F)(F)F)nc1.O=C(O)c1ccc(N2N=C(c3cccnc3)CC2(O)C(F)(F)F)nc1. The number of hydrogen-bond acceptors (Lipinski definition) is 17. The predicted molar refractivity (Wildman–Crippen MR) is 435 cm³/mol. The van der Waals surface area contributed by atoms with Gasteiger partial charge in [0.25, 0.3) is 23.3 Å². The van der Waals surface area contributed by atoms with Crippen molar-refractivity contribution in [1.82, 2.24) is 50.3 Å². The molecule has 7 aromatic heterocycles. The quantitative estimate of drug-likeness (QED) is 0.0325. The molecule has 2 amide bonds. The van der Waals surface area contributed by atoms with E-state index in [-0.39, 0.29) is 69.0 Å². The number of hydrazone groups is 2. The number of rotatable bonds is 23. The third-order valence-corrected chi connectivity index (χ3v) is 19.6. The number of hydrogen-bond donors (Lipinski definition) is 6. The summed E-state index contributed by atoms with van der Waals surface area (Å²) in [6, 6.07) is 79.1. The average Bonchev–Trinajstić information content (AvgIpc) is 1.60. The summed E-state index contributed by atoms with van der Waals surface area (Å²) in [5.41, 5.74) is 6.84. The summed E-state index contributed by atoms with van der Waals surface area (Å²) >= 11 is 0. The molecule has 0 saturated heterocycles. The van der Waals surface area contributed by atoms with Gasteiger partial charge in [-0.15, -0.1) is 0 Å². The number of nitrogens with zero attached hydrogens (tertiary/aromatic N) is 12. The fourth-order valence-corrected chi connectivity index (χ4v) is 13.5. The van der Waals surface area contributed by atoms with Crippen LogP contribution in [-0.4, -0.2) is 128 Å². The summed E-state index contributed by atoms with van der Waals surface area (Å²) in [6.45, 7) is 1.49. The van der Waals surface area contributed by atoms with Gasteiger partial charge in [0.05, 0.1) is 46.6 Å². The zero-order valence-corrected chi connectivity index (χ0v) is 63.8. The van der Waals surface area contributed by atoms with Gasteiger partial charge in [0.2, 0.25) is 0 Å². The summed E-state index contributed by atoms with van der Waals surface area (Å²) in [5.74, 6) is -2.08. The molecule has 120 heavy (non-hydrogen) atoms. The van der Waals surface area contributed by atoms with Gasteiger partial charge in [-0.2, -0.15) is 54.8 Å². The molecule has 0 radical (unpaired) electrons. The van der Waals surface area contributed by atoms with Crippen LogP contribution in [0.2, 0.25) is 0 Å². The Morgan fingerprint density at radius 1 is 0.408 bits per heavy atom. The normalized spacial score (nSPS) is 15.1. The third kappa shape index (κ3) is 21.1. The van der Waals surface area contributed by atoms with Gasteiger partial charge < -0.3 is 31.7 Å². The zero-order valence-electron chi connectivity index (χ0n) is 63.8. The second-order valence-corrected chi connectivity index (χ2v) is 27.6. The van der Waals surface area contributed by atoms with Crippen LogP contribution in [0, 0.1) is 0 Å². The number of aromatic carboxylic acids is 1. The van der Waals surface area contributed by atoms with Crippen LogP contribution in [0.15, 0.2) is 327 Å². The maximum Gasteiger partial charge on any atom is 0.438 e. The van der Waals surface area contributed by atoms with E-state index in [0.717, 1.165) is 57.8 Å². The van der Waals surface area contributed by atoms with Crippen molar-refractivity contribution in [3.63, 3.8) is 0 Å². The molecule has 13 aromatic rings. The van der Waals surface area contributed by atoms with E-state index in [2.05, 4.69) is 129 Å². The first-order chi connectivity index (χ1) is 57.8. The van der Waals surface area contributed by atoms with E-state index in [1.165, 1.54) is 97.1 Å². The molecule has 2 aliphatic heterocycles. The summed E-state index contributed by atoms with van der Waals surface area (Å²) in [4.78, 5) is 60.0. The number of carboxylic acids is 1. The van der Waals surface area contributed by atoms with E-state index in [4.69, 9.17) is 10.8 Å². The van der Waals surface area contributed by atoms with Crippen LogP contribution in [0.5, 0.6) is 0 Å². The Balaban J connectivity index is 0.000000154. The number of amides is 2. The number of anilines is 2. The highest BCUT2D eigenvalue weighted by Gasteiger charge is 2.63. The first-order valence-electron chi connectivity index (χ1n) is 37.7. The number of carbonyl (C=O) groups excluding carboxylic acids is 2. The van der Waals surface area contributed by atoms with Crippen molar-refractivity contribution in [2.75, 3.05) is 29.7 Å². The number of alkyl halides is 9. The molecule has 2 unspecified atom stereocenters. The number of carboxylic acid groups (broad SMARTS) is 1. The summed E-state index contributed by atoms with van der Waals surface area (Å²) < 4.78 is 124. The molecule has 9 heterocycles. The molecule has 0 aliphatic carbocycles. The molecule has 6 aromatic carbocycles. The first-order valence-corrected chi connectivity index (χ1v) is 37.7. The second-order valence-electron chi connectivity index (χ2n) is 27.6. The molecule has 7 N–H and O–H groups in total. The van der Waals surface area contributed by atoms with E-state index < -0.39 is 60.4 Å². The van der Waals surface area contributed by atoms with Crippen LogP contribution in [0.25, 0.3) is 17.1 Å². The molecule has 30 heteroatoms. The summed E-state index contributed by atoms with van der Waals surface area (Å²) in [5, 5.41) is 48.3. The van der Waals surface area contributed by atoms with Crippen molar-refractivity contribution in [3.05, 3.63) is 384 Å². The number of pyridine rings is 6. The Bertz CT molecular complexity index is 5420. The zero-order chi connectivity index (χ0) is 84.9.